The van der Waals surface area contributed by atoms with Crippen LogP contribution in [0, 0.1) is 0 Å². The Hall–Kier alpha value is -3.93. The number of thioether (sulfide) groups is 1. The van der Waals surface area contributed by atoms with E-state index in [1.54, 1.807) is 36.4 Å². The number of carbonyl (C=O) groups excluding carboxylic acids is 3. The predicted octanol–water partition coefficient (Wildman–Crippen LogP) is 3.42. The lowest BCUT2D eigenvalue weighted by atomic mass is 10.1. The van der Waals surface area contributed by atoms with Gasteiger partial charge in [-0.2, -0.15) is 0 Å². The maximum Gasteiger partial charge on any atom is 0.407 e. The molecule has 12 heteroatoms. The van der Waals surface area contributed by atoms with E-state index in [2.05, 4.69) is 9.97 Å². The van der Waals surface area contributed by atoms with Crippen LogP contribution in [0.3, 0.4) is 0 Å². The third kappa shape index (κ3) is 6.15. The number of aromatic nitrogens is 2. The summed E-state index contributed by atoms with van der Waals surface area (Å²) >= 11 is 0.795. The molecule has 3 heterocycles. The smallest absolute Gasteiger partial charge is 0.407 e. The first kappa shape index (κ1) is 24.2. The van der Waals surface area contributed by atoms with Crippen molar-refractivity contribution in [3.8, 4) is 17.5 Å². The lowest BCUT2D eigenvalue weighted by Gasteiger charge is -2.29. The Morgan fingerprint density at radius 2 is 1.83 bits per heavy atom. The second-order valence-corrected chi connectivity index (χ2v) is 8.92. The van der Waals surface area contributed by atoms with Crippen molar-refractivity contribution in [2.45, 2.75) is 25.9 Å². The van der Waals surface area contributed by atoms with Crippen molar-refractivity contribution in [2.24, 2.45) is 0 Å². The molecule has 1 aromatic heterocycles. The number of carbonyl (C=O) groups is 4. The number of imide groups is 1. The van der Waals surface area contributed by atoms with E-state index in [9.17, 15) is 19.2 Å². The Balaban J connectivity index is 1.36. The predicted molar refractivity (Wildman–Crippen MR) is 125 cm³/mol. The fourth-order valence-corrected chi connectivity index (χ4v) is 4.38. The number of nitrogens with zero attached hydrogens (tertiary/aromatic N) is 4. The standard InChI is InChI=1S/C23H22N4O7S/c1-14(28)12-27-21(29)18(35-23(27)32)10-15-2-4-16(5-3-15)33-19-11-20(25-13-24-19)34-17-6-8-26(9-7-17)22(30)31/h2-5,10-11,13,17H,6-9,12H2,1H3,(H,30,31). The van der Waals surface area contributed by atoms with Crippen LogP contribution in [0.25, 0.3) is 6.08 Å². The van der Waals surface area contributed by atoms with Crippen LogP contribution in [0.5, 0.6) is 17.5 Å². The summed E-state index contributed by atoms with van der Waals surface area (Å²) in [7, 11) is 0. The van der Waals surface area contributed by atoms with Crippen LogP contribution in [-0.2, 0) is 9.59 Å². The minimum atomic E-state index is -0.930. The summed E-state index contributed by atoms with van der Waals surface area (Å²) in [5, 5.41) is 8.58. The number of amides is 3. The molecule has 0 bridgehead atoms. The number of piperidine rings is 1. The summed E-state index contributed by atoms with van der Waals surface area (Å²) < 4.78 is 11.6. The highest BCUT2D eigenvalue weighted by atomic mass is 32.2. The van der Waals surface area contributed by atoms with Crippen LogP contribution in [0.2, 0.25) is 0 Å². The largest absolute Gasteiger partial charge is 0.474 e. The van der Waals surface area contributed by atoms with Gasteiger partial charge in [0, 0.05) is 25.9 Å². The normalized spacial score (nSPS) is 17.7. The van der Waals surface area contributed by atoms with Crippen LogP contribution < -0.4 is 9.47 Å². The zero-order valence-electron chi connectivity index (χ0n) is 18.7. The van der Waals surface area contributed by atoms with E-state index in [4.69, 9.17) is 14.6 Å². The highest BCUT2D eigenvalue weighted by Gasteiger charge is 2.35. The molecular weight excluding hydrogens is 476 g/mol. The zero-order chi connectivity index (χ0) is 24.9. The average molecular weight is 499 g/mol. The van der Waals surface area contributed by atoms with Gasteiger partial charge >= 0.3 is 6.09 Å². The summed E-state index contributed by atoms with van der Waals surface area (Å²) in [4.78, 5) is 57.4. The summed E-state index contributed by atoms with van der Waals surface area (Å²) in [6, 6.07) is 8.39. The average Bonchev–Trinajstić information content (AvgIpc) is 3.08. The lowest BCUT2D eigenvalue weighted by molar-refractivity contribution is -0.127. The molecule has 2 fully saturated rings. The van der Waals surface area contributed by atoms with Crippen LogP contribution in [0.4, 0.5) is 9.59 Å². The summed E-state index contributed by atoms with van der Waals surface area (Å²) in [6.45, 7) is 1.90. The number of ketones is 1. The molecule has 0 saturated carbocycles. The van der Waals surface area contributed by atoms with E-state index in [0.29, 0.717) is 43.1 Å². The molecule has 0 aliphatic carbocycles. The molecule has 0 unspecified atom stereocenters. The molecule has 2 aliphatic heterocycles. The minimum absolute atomic E-state index is 0.143. The van der Waals surface area contributed by atoms with Gasteiger partial charge in [-0.05, 0) is 42.5 Å². The fraction of sp³-hybridized carbons (Fsp3) is 0.304. The monoisotopic (exact) mass is 498 g/mol. The van der Waals surface area contributed by atoms with Crippen LogP contribution in [-0.4, -0.2) is 73.6 Å². The molecule has 0 spiro atoms. The second-order valence-electron chi connectivity index (χ2n) is 7.92. The number of hydrogen-bond donors (Lipinski definition) is 1. The first-order chi connectivity index (χ1) is 16.8. The van der Waals surface area contributed by atoms with Gasteiger partial charge in [0.15, 0.2) is 0 Å². The number of carboxylic acid groups (broad SMARTS) is 1. The molecule has 0 radical (unpaired) electrons. The van der Waals surface area contributed by atoms with E-state index >= 15 is 0 Å². The number of hydrogen-bond acceptors (Lipinski definition) is 9. The van der Waals surface area contributed by atoms with Gasteiger partial charge in [-0.1, -0.05) is 12.1 Å². The van der Waals surface area contributed by atoms with Gasteiger partial charge in [0.05, 0.1) is 17.5 Å². The van der Waals surface area contributed by atoms with E-state index in [1.807, 2.05) is 0 Å². The van der Waals surface area contributed by atoms with Gasteiger partial charge in [0.25, 0.3) is 11.1 Å². The quantitative estimate of drug-likeness (QED) is 0.565. The lowest BCUT2D eigenvalue weighted by Crippen LogP contribution is -2.41. The molecule has 1 aromatic carbocycles. The van der Waals surface area contributed by atoms with Crippen LogP contribution >= 0.6 is 11.8 Å². The van der Waals surface area contributed by atoms with Crippen molar-refractivity contribution in [1.82, 2.24) is 19.8 Å². The van der Waals surface area contributed by atoms with Crippen molar-refractivity contribution in [1.29, 1.82) is 0 Å². The number of likely N-dealkylation sites (tertiary alicyclic amines) is 1. The summed E-state index contributed by atoms with van der Waals surface area (Å²) in [5.74, 6) is 0.346. The number of Topliss-reactive ketones (excluding diaryl/α,β-unsaturated/α-hetero) is 1. The SMILES string of the molecule is CC(=O)CN1C(=O)SC(=Cc2ccc(Oc3cc(OC4CCN(C(=O)O)CC4)ncn3)cc2)C1=O. The number of rotatable bonds is 7. The minimum Gasteiger partial charge on any atom is -0.474 e. The molecule has 2 aromatic rings. The third-order valence-electron chi connectivity index (χ3n) is 5.27. The van der Waals surface area contributed by atoms with E-state index < -0.39 is 17.2 Å². The molecule has 4 rings (SSSR count). The molecule has 1 N–H and O–H groups in total. The van der Waals surface area contributed by atoms with Gasteiger partial charge in [-0.3, -0.25) is 19.3 Å². The first-order valence-electron chi connectivity index (χ1n) is 10.8. The van der Waals surface area contributed by atoms with Crippen molar-refractivity contribution < 1.29 is 33.8 Å². The Kier molecular flexibility index (Phi) is 7.30. The van der Waals surface area contributed by atoms with Crippen molar-refractivity contribution in [2.75, 3.05) is 19.6 Å². The Bertz CT molecular complexity index is 1180. The molecule has 0 atom stereocenters. The Morgan fingerprint density at radius 3 is 2.49 bits per heavy atom. The Labute approximate surface area is 204 Å². The molecule has 2 aliphatic rings. The second kappa shape index (κ2) is 10.6. The van der Waals surface area contributed by atoms with Crippen LogP contribution in [0.15, 0.2) is 41.6 Å². The third-order valence-corrected chi connectivity index (χ3v) is 6.18. The fourth-order valence-electron chi connectivity index (χ4n) is 3.54. The van der Waals surface area contributed by atoms with Gasteiger partial charge in [-0.25, -0.2) is 14.8 Å². The zero-order valence-corrected chi connectivity index (χ0v) is 19.6. The number of benzene rings is 1. The molecule has 11 nitrogen and oxygen atoms in total. The molecule has 35 heavy (non-hydrogen) atoms. The van der Waals surface area contributed by atoms with Gasteiger partial charge in [-0.15, -0.1) is 0 Å². The van der Waals surface area contributed by atoms with E-state index in [1.165, 1.54) is 18.2 Å². The first-order valence-corrected chi connectivity index (χ1v) is 11.6. The van der Waals surface area contributed by atoms with Gasteiger partial charge in [0.1, 0.15) is 24.0 Å². The van der Waals surface area contributed by atoms with Crippen LogP contribution in [0.1, 0.15) is 25.3 Å². The maximum absolute atomic E-state index is 12.4. The van der Waals surface area contributed by atoms with E-state index in [0.717, 1.165) is 16.7 Å². The number of ether oxygens (including phenoxy) is 2. The molecule has 182 valence electrons. The van der Waals surface area contributed by atoms with Crippen molar-refractivity contribution >= 4 is 40.9 Å². The van der Waals surface area contributed by atoms with Gasteiger partial charge in [0.2, 0.25) is 11.8 Å². The summed E-state index contributed by atoms with van der Waals surface area (Å²) in [5.41, 5.74) is 0.685. The van der Waals surface area contributed by atoms with Crippen molar-refractivity contribution in [3.63, 3.8) is 0 Å². The maximum atomic E-state index is 12.4. The van der Waals surface area contributed by atoms with E-state index in [-0.39, 0.29) is 29.2 Å². The van der Waals surface area contributed by atoms with Crippen molar-refractivity contribution in [3.05, 3.63) is 47.1 Å². The molecule has 3 amide bonds. The molecular formula is C23H22N4O7S. The summed E-state index contributed by atoms with van der Waals surface area (Å²) in [6.07, 6.45) is 2.98. The molecule has 2 saturated heterocycles. The van der Waals surface area contributed by atoms with Gasteiger partial charge < -0.3 is 19.5 Å². The Morgan fingerprint density at radius 1 is 1.14 bits per heavy atom. The highest BCUT2D eigenvalue weighted by Crippen LogP contribution is 2.32. The topological polar surface area (TPSA) is 139 Å². The highest BCUT2D eigenvalue weighted by molar-refractivity contribution is 8.18.